The van der Waals surface area contributed by atoms with Gasteiger partial charge >= 0.3 is 11.8 Å². The zero-order valence-corrected chi connectivity index (χ0v) is 19.4. The van der Waals surface area contributed by atoms with Crippen molar-refractivity contribution in [3.8, 4) is 5.88 Å². The Labute approximate surface area is 209 Å². The second-order valence-corrected chi connectivity index (χ2v) is 7.96. The van der Waals surface area contributed by atoms with Gasteiger partial charge in [-0.25, -0.2) is 0 Å². The van der Waals surface area contributed by atoms with Crippen LogP contribution >= 0.6 is 0 Å². The number of anilines is 2. The minimum Gasteiger partial charge on any atom is -0.493 e. The largest absolute Gasteiger partial charge is 0.493 e. The number of aromatic hydroxyl groups is 1. The summed E-state index contributed by atoms with van der Waals surface area (Å²) in [6.45, 7) is 1.65. The van der Waals surface area contributed by atoms with E-state index >= 15 is 0 Å². The molecule has 0 atom stereocenters. The minimum absolute atomic E-state index is 0.0876. The van der Waals surface area contributed by atoms with Gasteiger partial charge in [0.2, 0.25) is 11.8 Å². The molecular weight excluding hydrogens is 480 g/mol. The van der Waals surface area contributed by atoms with E-state index in [0.717, 1.165) is 5.56 Å². The molecule has 0 unspecified atom stereocenters. The molecule has 0 saturated heterocycles. The van der Waals surface area contributed by atoms with Crippen molar-refractivity contribution in [3.05, 3.63) is 88.5 Å². The molecule has 4 aromatic rings. The van der Waals surface area contributed by atoms with Crippen LogP contribution in [0.25, 0.3) is 10.9 Å². The summed E-state index contributed by atoms with van der Waals surface area (Å²) in [5.74, 6) is -3.19. The Morgan fingerprint density at radius 3 is 2.41 bits per heavy atom. The summed E-state index contributed by atoms with van der Waals surface area (Å²) >= 11 is 0. The Morgan fingerprint density at radius 2 is 1.70 bits per heavy atom. The summed E-state index contributed by atoms with van der Waals surface area (Å²) in [6.07, 6.45) is 0. The molecule has 3 N–H and O–H groups in total. The van der Waals surface area contributed by atoms with Crippen LogP contribution in [0.5, 0.6) is 5.88 Å². The average molecular weight is 500 g/mol. The topological polar surface area (TPSA) is 168 Å². The van der Waals surface area contributed by atoms with Crippen LogP contribution in [-0.4, -0.2) is 32.3 Å². The van der Waals surface area contributed by atoms with Crippen LogP contribution in [0.15, 0.2) is 83.0 Å². The van der Waals surface area contributed by atoms with Crippen molar-refractivity contribution in [2.45, 2.75) is 13.5 Å². The molecule has 3 aromatic carbocycles. The van der Waals surface area contributed by atoms with E-state index in [-0.39, 0.29) is 23.6 Å². The van der Waals surface area contributed by atoms with Crippen LogP contribution in [0, 0.1) is 17.0 Å². The summed E-state index contributed by atoms with van der Waals surface area (Å²) < 4.78 is 1.32. The number of azo groups is 1. The van der Waals surface area contributed by atoms with Gasteiger partial charge in [-0.3, -0.25) is 24.5 Å². The maximum Gasteiger partial charge on any atom is 0.353 e. The summed E-state index contributed by atoms with van der Waals surface area (Å²) in [5.41, 5.74) is 1.93. The van der Waals surface area contributed by atoms with Crippen molar-refractivity contribution < 1.29 is 24.4 Å². The smallest absolute Gasteiger partial charge is 0.353 e. The molecule has 12 heteroatoms. The van der Waals surface area contributed by atoms with Crippen LogP contribution in [0.2, 0.25) is 0 Å². The Kier molecular flexibility index (Phi) is 7.00. The Bertz CT molecular complexity index is 1560. The van der Waals surface area contributed by atoms with Gasteiger partial charge in [0.15, 0.2) is 5.69 Å². The van der Waals surface area contributed by atoms with Gasteiger partial charge in [0.1, 0.15) is 6.54 Å². The third kappa shape index (κ3) is 5.65. The highest BCUT2D eigenvalue weighted by Gasteiger charge is 2.20. The highest BCUT2D eigenvalue weighted by molar-refractivity contribution is 6.40. The van der Waals surface area contributed by atoms with Crippen LogP contribution in [0.1, 0.15) is 5.56 Å². The number of hydrogen-bond acceptors (Lipinski definition) is 7. The van der Waals surface area contributed by atoms with E-state index in [1.54, 1.807) is 42.5 Å². The van der Waals surface area contributed by atoms with Crippen molar-refractivity contribution in [1.82, 2.24) is 4.57 Å². The number of nitrogens with zero attached hydrogens (tertiary/aromatic N) is 4. The van der Waals surface area contributed by atoms with E-state index < -0.39 is 28.5 Å². The predicted molar refractivity (Wildman–Crippen MR) is 135 cm³/mol. The van der Waals surface area contributed by atoms with Gasteiger partial charge in [-0.2, -0.15) is 0 Å². The summed E-state index contributed by atoms with van der Waals surface area (Å²) in [6, 6.07) is 18.8. The molecule has 0 aliphatic carbocycles. The van der Waals surface area contributed by atoms with Crippen molar-refractivity contribution in [3.63, 3.8) is 0 Å². The molecular formula is C25H20N6O6. The molecule has 4 rings (SSSR count). The number of hydrogen-bond donors (Lipinski definition) is 3. The molecule has 0 aliphatic heterocycles. The second kappa shape index (κ2) is 10.5. The van der Waals surface area contributed by atoms with Crippen molar-refractivity contribution in [1.29, 1.82) is 0 Å². The Balaban J connectivity index is 1.52. The molecule has 0 bridgehead atoms. The van der Waals surface area contributed by atoms with Crippen LogP contribution in [0.3, 0.4) is 0 Å². The molecule has 0 saturated carbocycles. The Morgan fingerprint density at radius 1 is 0.973 bits per heavy atom. The number of rotatable bonds is 6. The van der Waals surface area contributed by atoms with Crippen molar-refractivity contribution in [2.75, 3.05) is 10.6 Å². The molecule has 12 nitrogen and oxygen atoms in total. The molecule has 37 heavy (non-hydrogen) atoms. The van der Waals surface area contributed by atoms with Gasteiger partial charge < -0.3 is 20.3 Å². The fourth-order valence-corrected chi connectivity index (χ4v) is 3.59. The standard InChI is InChI=1S/C25H20N6O6/c1-15-5-4-6-17(13-15)26-21(32)14-30-20-8-3-2-7-19(20)22(25(30)35)28-29-24(34)23(33)27-16-9-11-18(12-10-16)31(36)37/h2-13,35H,14H2,1H3,(H,26,32)(H,27,33). The highest BCUT2D eigenvalue weighted by atomic mass is 16.6. The lowest BCUT2D eigenvalue weighted by Gasteiger charge is -2.09. The number of fused-ring (bicyclic) bond motifs is 1. The van der Waals surface area contributed by atoms with Crippen molar-refractivity contribution >= 4 is 51.4 Å². The van der Waals surface area contributed by atoms with E-state index in [2.05, 4.69) is 20.9 Å². The van der Waals surface area contributed by atoms with Crippen molar-refractivity contribution in [2.24, 2.45) is 10.2 Å². The van der Waals surface area contributed by atoms with Crippen LogP contribution < -0.4 is 10.6 Å². The predicted octanol–water partition coefficient (Wildman–Crippen LogP) is 4.45. The summed E-state index contributed by atoms with van der Waals surface area (Å²) in [5, 5.41) is 34.2. The third-order valence-corrected chi connectivity index (χ3v) is 5.29. The van der Waals surface area contributed by atoms with Gasteiger partial charge in [-0.05, 0) is 42.8 Å². The molecule has 1 aromatic heterocycles. The van der Waals surface area contributed by atoms with Crippen LogP contribution in [0.4, 0.5) is 22.7 Å². The molecule has 0 spiro atoms. The number of aromatic nitrogens is 1. The van der Waals surface area contributed by atoms with E-state index in [0.29, 0.717) is 16.6 Å². The molecule has 0 fully saturated rings. The number of nitrogens with one attached hydrogen (secondary N) is 2. The number of carbonyl (C=O) groups is 3. The number of carbonyl (C=O) groups excluding carboxylic acids is 3. The first-order valence-electron chi connectivity index (χ1n) is 10.9. The van der Waals surface area contributed by atoms with Gasteiger partial charge in [0.25, 0.3) is 5.69 Å². The quantitative estimate of drug-likeness (QED) is 0.153. The monoisotopic (exact) mass is 500 g/mol. The number of aryl methyl sites for hydroxylation is 1. The lowest BCUT2D eigenvalue weighted by atomic mass is 10.2. The number of nitro groups is 1. The fourth-order valence-electron chi connectivity index (χ4n) is 3.59. The lowest BCUT2D eigenvalue weighted by molar-refractivity contribution is -0.384. The van der Waals surface area contributed by atoms with E-state index in [9.17, 15) is 29.6 Å². The number of benzene rings is 3. The van der Waals surface area contributed by atoms with Crippen LogP contribution in [-0.2, 0) is 20.9 Å². The summed E-state index contributed by atoms with van der Waals surface area (Å²) in [7, 11) is 0. The lowest BCUT2D eigenvalue weighted by Crippen LogP contribution is -2.20. The maximum atomic E-state index is 12.6. The maximum absolute atomic E-state index is 12.6. The van der Waals surface area contributed by atoms with E-state index in [4.69, 9.17) is 0 Å². The second-order valence-electron chi connectivity index (χ2n) is 7.96. The zero-order chi connectivity index (χ0) is 26.5. The SMILES string of the molecule is Cc1cccc(NC(=O)Cn2c(O)c(N=NC(=O)C(=O)Nc3ccc([N+](=O)[O-])cc3)c3ccccc32)c1. The first-order valence-corrected chi connectivity index (χ1v) is 10.9. The van der Waals surface area contributed by atoms with Gasteiger partial charge in [0, 0.05) is 28.9 Å². The molecule has 0 aliphatic rings. The van der Waals surface area contributed by atoms with Gasteiger partial charge in [0.05, 0.1) is 10.4 Å². The van der Waals surface area contributed by atoms with Gasteiger partial charge in [-0.15, -0.1) is 10.2 Å². The zero-order valence-electron chi connectivity index (χ0n) is 19.4. The molecule has 1 heterocycles. The first kappa shape index (κ1) is 24.7. The molecule has 186 valence electrons. The number of nitro benzene ring substituents is 1. The normalized spacial score (nSPS) is 10.9. The number of non-ortho nitro benzene ring substituents is 1. The third-order valence-electron chi connectivity index (χ3n) is 5.29. The van der Waals surface area contributed by atoms with E-state index in [1.165, 1.54) is 28.8 Å². The minimum atomic E-state index is -1.26. The highest BCUT2D eigenvalue weighted by Crippen LogP contribution is 2.38. The van der Waals surface area contributed by atoms with Gasteiger partial charge in [-0.1, -0.05) is 30.3 Å². The Hall–Kier alpha value is -5.39. The molecule has 0 radical (unpaired) electrons. The fraction of sp³-hybridized carbons (Fsp3) is 0.0800. The average Bonchev–Trinajstić information content (AvgIpc) is 3.13. The number of amides is 3. The van der Waals surface area contributed by atoms with E-state index in [1.807, 2.05) is 13.0 Å². The first-order chi connectivity index (χ1) is 17.7. The summed E-state index contributed by atoms with van der Waals surface area (Å²) in [4.78, 5) is 47.2. The molecule has 3 amide bonds. The number of para-hydroxylation sites is 1.